The van der Waals surface area contributed by atoms with Crippen LogP contribution < -0.4 is 10.6 Å². The van der Waals surface area contributed by atoms with Crippen molar-refractivity contribution in [3.63, 3.8) is 0 Å². The van der Waals surface area contributed by atoms with Crippen molar-refractivity contribution in [3.8, 4) is 11.3 Å². The predicted octanol–water partition coefficient (Wildman–Crippen LogP) is 3.71. The number of ether oxygens (including phenoxy) is 1. The van der Waals surface area contributed by atoms with Gasteiger partial charge in [0.2, 0.25) is 0 Å². The Hall–Kier alpha value is -2.69. The van der Waals surface area contributed by atoms with Gasteiger partial charge in [0.25, 0.3) is 12.1 Å². The third kappa shape index (κ3) is 6.19. The first-order valence-electron chi connectivity index (χ1n) is 7.93. The van der Waals surface area contributed by atoms with Crippen LogP contribution in [0.2, 0.25) is 0 Å². The van der Waals surface area contributed by atoms with Crippen LogP contribution in [0.5, 0.6) is 0 Å². The van der Waals surface area contributed by atoms with E-state index < -0.39 is 35.6 Å². The van der Waals surface area contributed by atoms with Crippen LogP contribution in [0.3, 0.4) is 0 Å². The summed E-state index contributed by atoms with van der Waals surface area (Å²) in [6.45, 7) is 4.84. The Kier molecular flexibility index (Phi) is 6.27. The predicted molar refractivity (Wildman–Crippen MR) is 95.0 cm³/mol. The number of halogens is 4. The van der Waals surface area contributed by atoms with Crippen molar-refractivity contribution < 1.29 is 31.9 Å². The summed E-state index contributed by atoms with van der Waals surface area (Å²) in [4.78, 5) is 27.6. The van der Waals surface area contributed by atoms with Crippen molar-refractivity contribution in [2.45, 2.75) is 38.7 Å². The molecule has 2 aromatic rings. The van der Waals surface area contributed by atoms with Crippen LogP contribution >= 0.6 is 11.3 Å². The third-order valence-electron chi connectivity index (χ3n) is 3.09. The van der Waals surface area contributed by atoms with Gasteiger partial charge in [-0.05, 0) is 45.0 Å². The number of benzene rings is 1. The molecule has 0 radical (unpaired) electrons. The van der Waals surface area contributed by atoms with Gasteiger partial charge in [0.15, 0.2) is 5.13 Å². The number of thiazole rings is 1. The van der Waals surface area contributed by atoms with Crippen LogP contribution in [0.1, 0.15) is 20.8 Å². The van der Waals surface area contributed by atoms with E-state index in [0.717, 1.165) is 11.3 Å². The maximum Gasteiger partial charge on any atom is 0.491 e. The number of aromatic nitrogens is 1. The fraction of sp³-hybridized carbons (Fsp3) is 0.353. The fourth-order valence-corrected chi connectivity index (χ4v) is 2.70. The Balaban J connectivity index is 2.20. The van der Waals surface area contributed by atoms with Gasteiger partial charge in [0.1, 0.15) is 5.82 Å². The second kappa shape index (κ2) is 8.13. The van der Waals surface area contributed by atoms with Crippen LogP contribution in [-0.2, 0) is 14.3 Å². The molecule has 1 aromatic heterocycles. The normalized spacial score (nSPS) is 13.0. The zero-order valence-electron chi connectivity index (χ0n) is 15.1. The number of carbonyl (C=O) groups is 2. The average Bonchev–Trinajstić information content (AvgIpc) is 3.01. The molecule has 0 aliphatic heterocycles. The van der Waals surface area contributed by atoms with Gasteiger partial charge in [-0.1, -0.05) is 0 Å². The van der Waals surface area contributed by atoms with E-state index in [0.29, 0.717) is 11.3 Å². The van der Waals surface area contributed by atoms with Gasteiger partial charge in [0, 0.05) is 16.5 Å². The highest BCUT2D eigenvalue weighted by molar-refractivity contribution is 7.14. The largest absolute Gasteiger partial charge is 0.491 e. The summed E-state index contributed by atoms with van der Waals surface area (Å²) in [7, 11) is 0. The number of anilines is 1. The van der Waals surface area contributed by atoms with E-state index in [2.05, 4.69) is 20.4 Å². The highest BCUT2D eigenvalue weighted by Crippen LogP contribution is 2.26. The summed E-state index contributed by atoms with van der Waals surface area (Å²) >= 11 is 0.978. The number of rotatable bonds is 5. The summed E-state index contributed by atoms with van der Waals surface area (Å²) in [5.41, 5.74) is 0.197. The van der Waals surface area contributed by atoms with Gasteiger partial charge in [0.05, 0.1) is 5.69 Å². The summed E-state index contributed by atoms with van der Waals surface area (Å²) in [5.74, 6) is -3.91. The summed E-state index contributed by atoms with van der Waals surface area (Å²) in [6.07, 6.45) is -7.20. The molecular formula is C17H17F4N3O3S. The Bertz CT molecular complexity index is 845. The number of nitrogens with one attached hydrogen (secondary N) is 2. The molecule has 1 amide bonds. The molecule has 28 heavy (non-hydrogen) atoms. The first-order chi connectivity index (χ1) is 12.8. The maximum absolute atomic E-state index is 13.0. The first kappa shape index (κ1) is 21.6. The van der Waals surface area contributed by atoms with Crippen molar-refractivity contribution in [2.75, 3.05) is 5.32 Å². The topological polar surface area (TPSA) is 80.3 Å². The quantitative estimate of drug-likeness (QED) is 0.439. The van der Waals surface area contributed by atoms with Gasteiger partial charge in [-0.3, -0.25) is 4.79 Å². The summed E-state index contributed by atoms with van der Waals surface area (Å²) in [5, 5.41) is 6.41. The van der Waals surface area contributed by atoms with E-state index in [4.69, 9.17) is 0 Å². The van der Waals surface area contributed by atoms with Crippen molar-refractivity contribution in [2.24, 2.45) is 0 Å². The number of amides is 1. The molecule has 0 aliphatic rings. The van der Waals surface area contributed by atoms with E-state index in [-0.39, 0.29) is 5.13 Å². The Morgan fingerprint density at radius 3 is 2.29 bits per heavy atom. The van der Waals surface area contributed by atoms with Crippen LogP contribution in [0.4, 0.5) is 22.7 Å². The van der Waals surface area contributed by atoms with Crippen LogP contribution in [0.15, 0.2) is 29.6 Å². The van der Waals surface area contributed by atoms with Crippen LogP contribution in [-0.4, -0.2) is 34.8 Å². The lowest BCUT2D eigenvalue weighted by atomic mass is 10.1. The monoisotopic (exact) mass is 419 g/mol. The average molecular weight is 419 g/mol. The van der Waals surface area contributed by atoms with Gasteiger partial charge in [-0.2, -0.15) is 13.2 Å². The standard InChI is InChI=1S/C17H17F4N3O3S/c1-16(2,3)24-12(25)13(27-14(26)17(19,20)21)23-15-22-11(8-28-15)9-4-6-10(18)7-5-9/h4-8,13H,1-3H3,(H,22,23)(H,24,25). The highest BCUT2D eigenvalue weighted by atomic mass is 32.1. The molecule has 0 aliphatic carbocycles. The molecule has 11 heteroatoms. The molecule has 0 spiro atoms. The Morgan fingerprint density at radius 1 is 1.14 bits per heavy atom. The second-order valence-electron chi connectivity index (χ2n) is 6.71. The number of hydrogen-bond donors (Lipinski definition) is 2. The van der Waals surface area contributed by atoms with Crippen molar-refractivity contribution in [3.05, 3.63) is 35.5 Å². The van der Waals surface area contributed by atoms with E-state index >= 15 is 0 Å². The molecule has 0 saturated carbocycles. The smallest absolute Gasteiger partial charge is 0.425 e. The number of carbonyl (C=O) groups excluding carboxylic acids is 2. The minimum absolute atomic E-state index is 0.0448. The summed E-state index contributed by atoms with van der Waals surface area (Å²) in [6, 6.07) is 5.40. The molecule has 1 atom stereocenters. The molecule has 1 heterocycles. The lowest BCUT2D eigenvalue weighted by Crippen LogP contribution is -2.50. The molecule has 1 unspecified atom stereocenters. The zero-order valence-corrected chi connectivity index (χ0v) is 15.9. The number of alkyl halides is 3. The second-order valence-corrected chi connectivity index (χ2v) is 7.57. The molecule has 2 N–H and O–H groups in total. The maximum atomic E-state index is 13.0. The van der Waals surface area contributed by atoms with Gasteiger partial charge >= 0.3 is 12.1 Å². The Morgan fingerprint density at radius 2 is 1.75 bits per heavy atom. The molecular weight excluding hydrogens is 402 g/mol. The van der Waals surface area contributed by atoms with Gasteiger partial charge in [-0.15, -0.1) is 11.3 Å². The van der Waals surface area contributed by atoms with Crippen molar-refractivity contribution in [1.29, 1.82) is 0 Å². The van der Waals surface area contributed by atoms with E-state index in [1.807, 2.05) is 0 Å². The van der Waals surface area contributed by atoms with Gasteiger partial charge in [-0.25, -0.2) is 14.2 Å². The molecule has 0 bridgehead atoms. The SMILES string of the molecule is CC(C)(C)NC(=O)C(Nc1nc(-c2ccc(F)cc2)cs1)OC(=O)C(F)(F)F. The molecule has 6 nitrogen and oxygen atoms in total. The zero-order chi connectivity index (χ0) is 21.1. The molecule has 2 rings (SSSR count). The Labute approximate surface area is 161 Å². The third-order valence-corrected chi connectivity index (χ3v) is 3.86. The first-order valence-corrected chi connectivity index (χ1v) is 8.81. The van der Waals surface area contributed by atoms with E-state index in [1.165, 1.54) is 24.3 Å². The minimum atomic E-state index is -5.26. The lowest BCUT2D eigenvalue weighted by molar-refractivity contribution is -0.204. The molecule has 0 fully saturated rings. The number of hydrogen-bond acceptors (Lipinski definition) is 6. The van der Waals surface area contributed by atoms with Crippen molar-refractivity contribution >= 4 is 28.3 Å². The highest BCUT2D eigenvalue weighted by Gasteiger charge is 2.44. The van der Waals surface area contributed by atoms with E-state index in [1.54, 1.807) is 26.2 Å². The van der Waals surface area contributed by atoms with Gasteiger partial charge < -0.3 is 15.4 Å². The lowest BCUT2D eigenvalue weighted by Gasteiger charge is -2.25. The number of nitrogens with zero attached hydrogens (tertiary/aromatic N) is 1. The van der Waals surface area contributed by atoms with E-state index in [9.17, 15) is 27.2 Å². The van der Waals surface area contributed by atoms with Crippen molar-refractivity contribution in [1.82, 2.24) is 10.3 Å². The molecule has 1 aromatic carbocycles. The number of esters is 1. The molecule has 0 saturated heterocycles. The summed E-state index contributed by atoms with van der Waals surface area (Å²) < 4.78 is 54.9. The fourth-order valence-electron chi connectivity index (χ4n) is 1.96. The van der Waals surface area contributed by atoms with Crippen LogP contribution in [0.25, 0.3) is 11.3 Å². The molecule has 152 valence electrons. The van der Waals surface area contributed by atoms with Crippen LogP contribution in [0, 0.1) is 5.82 Å². The minimum Gasteiger partial charge on any atom is -0.425 e.